The molecule has 3 heteroatoms. The average molecular weight is 559 g/mol. The smallest absolute Gasteiger partial charge is 0.0279 e. The molecule has 0 aromatic heterocycles. The molecule has 4 N–H and O–H groups in total. The van der Waals surface area contributed by atoms with Crippen LogP contribution < -0.4 is 23.1 Å². The van der Waals surface area contributed by atoms with Gasteiger partial charge in [0, 0.05) is 0 Å². The lowest BCUT2D eigenvalue weighted by Crippen LogP contribution is -3.00. The highest BCUT2D eigenvalue weighted by atomic mass is 79.9. The monoisotopic (exact) mass is 557 g/mol. The van der Waals surface area contributed by atoms with E-state index in [4.69, 9.17) is 0 Å². The van der Waals surface area contributed by atoms with E-state index in [0.717, 1.165) is 0 Å². The second kappa shape index (κ2) is 29.3. The summed E-state index contributed by atoms with van der Waals surface area (Å²) < 4.78 is 0. The van der Waals surface area contributed by atoms with Gasteiger partial charge in [-0.1, -0.05) is 140 Å². The molecule has 1 aromatic rings. The third-order valence-electron chi connectivity index (χ3n) is 6.94. The van der Waals surface area contributed by atoms with E-state index in [9.17, 15) is 0 Å². The fraction of sp³-hybridized carbons (Fsp3) is 0.806. The van der Waals surface area contributed by atoms with Crippen molar-refractivity contribution in [2.75, 3.05) is 18.5 Å². The largest absolute Gasteiger partial charge is 1.00 e. The molecule has 0 unspecified atom stereocenters. The van der Waals surface area contributed by atoms with Crippen LogP contribution in [0, 0.1) is 0 Å². The van der Waals surface area contributed by atoms with Gasteiger partial charge < -0.3 is 23.1 Å². The van der Waals surface area contributed by atoms with Gasteiger partial charge in [0.05, 0.1) is 0 Å². The van der Waals surface area contributed by atoms with E-state index in [1.807, 2.05) is 0 Å². The summed E-state index contributed by atoms with van der Waals surface area (Å²) >= 11 is 0. The van der Waals surface area contributed by atoms with E-state index < -0.39 is 0 Å². The van der Waals surface area contributed by atoms with Gasteiger partial charge in [0.25, 0.3) is 0 Å². The predicted molar refractivity (Wildman–Crippen MR) is 157 cm³/mol. The number of quaternary nitrogens is 1. The van der Waals surface area contributed by atoms with E-state index in [1.54, 1.807) is 18.5 Å². The zero-order chi connectivity index (χ0) is 23.0. The van der Waals surface area contributed by atoms with Gasteiger partial charge in [-0.25, -0.2) is 0 Å². The van der Waals surface area contributed by atoms with Gasteiger partial charge in [0.15, 0.2) is 0 Å². The fourth-order valence-electron chi connectivity index (χ4n) is 4.76. The highest BCUT2D eigenvalue weighted by Gasteiger charge is 2.08. The normalized spacial score (nSPS) is 10.8. The molecule has 0 saturated carbocycles. The molecule has 0 heterocycles. The average Bonchev–Trinajstić information content (AvgIpc) is 2.82. The van der Waals surface area contributed by atoms with Crippen LogP contribution in [0.4, 0.5) is 0 Å². The number of unbranched alkanes of at least 4 members (excludes halogenated alkanes) is 16. The molecule has 202 valence electrons. The van der Waals surface area contributed by atoms with Gasteiger partial charge in [0.2, 0.25) is 0 Å². The third-order valence-corrected chi connectivity index (χ3v) is 9.78. The SMILES string of the molecule is CCCCCCCCP(CCCCCCCC)CCCCCCCCCc1ccccc1.[Br-].[NH4+]. The van der Waals surface area contributed by atoms with Crippen molar-refractivity contribution < 1.29 is 17.0 Å². The summed E-state index contributed by atoms with van der Waals surface area (Å²) in [6.45, 7) is 4.65. The van der Waals surface area contributed by atoms with Crippen LogP contribution in [-0.2, 0) is 6.42 Å². The summed E-state index contributed by atoms with van der Waals surface area (Å²) in [4.78, 5) is 0. The lowest BCUT2D eigenvalue weighted by atomic mass is 10.0. The van der Waals surface area contributed by atoms with Crippen molar-refractivity contribution in [2.24, 2.45) is 0 Å². The van der Waals surface area contributed by atoms with Crippen molar-refractivity contribution in [3.05, 3.63) is 35.9 Å². The van der Waals surface area contributed by atoms with Gasteiger partial charge in [-0.05, 0) is 56.2 Å². The Bertz CT molecular complexity index is 466. The van der Waals surface area contributed by atoms with E-state index in [2.05, 4.69) is 44.2 Å². The number of rotatable bonds is 24. The molecule has 1 aromatic carbocycles. The standard InChI is InChI=1S/C31H57P.BrH.H3N/c1-3-5-7-9-15-22-28-32(29-23-16-10-8-6-4-2)30-24-17-13-11-12-14-19-25-31-26-20-18-21-27-31;;/h18,20-21,26-27H,3-17,19,22-25,28-30H2,1-2H3;1H;1H3. The summed E-state index contributed by atoms with van der Waals surface area (Å²) in [5.41, 5.74) is 1.51. The van der Waals surface area contributed by atoms with Crippen molar-refractivity contribution in [3.8, 4) is 0 Å². The minimum atomic E-state index is 0. The van der Waals surface area contributed by atoms with Crippen LogP contribution in [0.1, 0.15) is 141 Å². The number of halogens is 1. The lowest BCUT2D eigenvalue weighted by molar-refractivity contribution is -0.00000745. The van der Waals surface area contributed by atoms with Crippen molar-refractivity contribution in [2.45, 2.75) is 142 Å². The van der Waals surface area contributed by atoms with Crippen LogP contribution in [0.5, 0.6) is 0 Å². The van der Waals surface area contributed by atoms with Crippen molar-refractivity contribution in [1.29, 1.82) is 0 Å². The van der Waals surface area contributed by atoms with Crippen LogP contribution >= 0.6 is 7.92 Å². The zero-order valence-electron chi connectivity index (χ0n) is 23.5. The van der Waals surface area contributed by atoms with Crippen LogP contribution in [0.2, 0.25) is 0 Å². The summed E-state index contributed by atoms with van der Waals surface area (Å²) in [5, 5.41) is 0. The molecule has 34 heavy (non-hydrogen) atoms. The zero-order valence-corrected chi connectivity index (χ0v) is 26.0. The maximum atomic E-state index is 2.32. The summed E-state index contributed by atoms with van der Waals surface area (Å²) in [7, 11) is 0.334. The number of hydrogen-bond donors (Lipinski definition) is 1. The molecule has 0 aliphatic carbocycles. The maximum Gasteiger partial charge on any atom is -0.0279 e. The molecule has 0 amide bonds. The van der Waals surface area contributed by atoms with Gasteiger partial charge in [-0.3, -0.25) is 0 Å². The number of hydrogen-bond acceptors (Lipinski definition) is 0. The molecule has 0 bridgehead atoms. The minimum absolute atomic E-state index is 0. The topological polar surface area (TPSA) is 36.5 Å². The Balaban J connectivity index is 0. The van der Waals surface area contributed by atoms with E-state index in [1.165, 1.54) is 134 Å². The number of benzene rings is 1. The first kappa shape index (κ1) is 36.2. The van der Waals surface area contributed by atoms with Gasteiger partial charge in [0.1, 0.15) is 0 Å². The molecule has 0 saturated heterocycles. The Labute approximate surface area is 227 Å². The first-order valence-corrected chi connectivity index (χ1v) is 16.5. The first-order chi connectivity index (χ1) is 15.9. The Hall–Kier alpha value is 0.0900. The third kappa shape index (κ3) is 23.8. The maximum absolute atomic E-state index is 2.32. The van der Waals surface area contributed by atoms with Crippen molar-refractivity contribution >= 4 is 7.92 Å². The first-order valence-electron chi connectivity index (χ1n) is 14.6. The van der Waals surface area contributed by atoms with Gasteiger partial charge >= 0.3 is 0 Å². The van der Waals surface area contributed by atoms with E-state index >= 15 is 0 Å². The summed E-state index contributed by atoms with van der Waals surface area (Å²) in [6.07, 6.45) is 33.7. The molecule has 0 fully saturated rings. The minimum Gasteiger partial charge on any atom is -1.00 e. The molecule has 0 radical (unpaired) electrons. The molecule has 0 atom stereocenters. The van der Waals surface area contributed by atoms with Crippen LogP contribution in [0.3, 0.4) is 0 Å². The van der Waals surface area contributed by atoms with Gasteiger partial charge in [-0.2, -0.15) is 0 Å². The molecule has 0 aliphatic rings. The highest BCUT2D eigenvalue weighted by Crippen LogP contribution is 2.39. The Morgan fingerprint density at radius 3 is 1.24 bits per heavy atom. The Kier molecular flexibility index (Phi) is 31.3. The molecular formula is C31H61BrNP. The Morgan fingerprint density at radius 1 is 0.471 bits per heavy atom. The molecular weight excluding hydrogens is 497 g/mol. The quantitative estimate of drug-likeness (QED) is 0.0975. The van der Waals surface area contributed by atoms with E-state index in [-0.39, 0.29) is 23.1 Å². The van der Waals surface area contributed by atoms with E-state index in [0.29, 0.717) is 7.92 Å². The molecule has 0 spiro atoms. The number of aryl methyl sites for hydroxylation is 1. The molecule has 1 nitrogen and oxygen atoms in total. The van der Waals surface area contributed by atoms with Crippen LogP contribution in [-0.4, -0.2) is 18.5 Å². The highest BCUT2D eigenvalue weighted by molar-refractivity contribution is 7.57. The lowest BCUT2D eigenvalue weighted by Gasteiger charge is -2.18. The second-order valence-electron chi connectivity index (χ2n) is 10.1. The van der Waals surface area contributed by atoms with Crippen molar-refractivity contribution in [1.82, 2.24) is 6.15 Å². The fourth-order valence-corrected chi connectivity index (χ4v) is 7.44. The van der Waals surface area contributed by atoms with Crippen molar-refractivity contribution in [3.63, 3.8) is 0 Å². The Morgan fingerprint density at radius 2 is 0.824 bits per heavy atom. The summed E-state index contributed by atoms with van der Waals surface area (Å²) in [6, 6.07) is 11.0. The molecule has 0 aliphatic heterocycles. The molecule has 1 rings (SSSR count). The van der Waals surface area contributed by atoms with Crippen LogP contribution in [0.25, 0.3) is 0 Å². The second-order valence-corrected chi connectivity index (χ2v) is 12.8. The summed E-state index contributed by atoms with van der Waals surface area (Å²) in [5.74, 6) is 0. The predicted octanol–water partition coefficient (Wildman–Crippen LogP) is 8.54. The van der Waals surface area contributed by atoms with Gasteiger partial charge in [-0.15, -0.1) is 7.92 Å². The van der Waals surface area contributed by atoms with Crippen LogP contribution in [0.15, 0.2) is 30.3 Å².